The Morgan fingerprint density at radius 1 is 1.26 bits per heavy atom. The maximum Gasteiger partial charge on any atom is 0.323 e. The van der Waals surface area contributed by atoms with Crippen molar-refractivity contribution in [3.8, 4) is 12.1 Å². The van der Waals surface area contributed by atoms with Crippen LogP contribution in [0.3, 0.4) is 0 Å². The van der Waals surface area contributed by atoms with Crippen LogP contribution in [0.5, 0.6) is 0 Å². The lowest BCUT2D eigenvalue weighted by atomic mass is 9.79. The molecule has 0 aliphatic rings. The molecule has 0 aromatic heterocycles. The number of carboxylic acids is 1. The van der Waals surface area contributed by atoms with Crippen molar-refractivity contribution >= 4 is 11.9 Å². The summed E-state index contributed by atoms with van der Waals surface area (Å²) in [6, 6.07) is 3.64. The summed E-state index contributed by atoms with van der Waals surface area (Å²) < 4.78 is 5.08. The minimum Gasteiger partial charge on any atom is -0.480 e. The SMILES string of the molecule is CCC(C)OC(=O)C(CCC#N)(CCC#N)C(=O)O. The second kappa shape index (κ2) is 8.10. The molecular formula is C13H18N2O4. The van der Waals surface area contributed by atoms with Crippen molar-refractivity contribution in [2.24, 2.45) is 5.41 Å². The van der Waals surface area contributed by atoms with Crippen LogP contribution < -0.4 is 0 Å². The summed E-state index contributed by atoms with van der Waals surface area (Å²) in [6.07, 6.45) is -0.264. The Morgan fingerprint density at radius 2 is 1.74 bits per heavy atom. The Balaban J connectivity index is 5.19. The number of rotatable bonds is 8. The molecule has 19 heavy (non-hydrogen) atoms. The number of esters is 1. The van der Waals surface area contributed by atoms with Gasteiger partial charge in [0, 0.05) is 12.8 Å². The Bertz CT molecular complexity index is 388. The van der Waals surface area contributed by atoms with Gasteiger partial charge in [-0.3, -0.25) is 9.59 Å². The summed E-state index contributed by atoms with van der Waals surface area (Å²) in [5.74, 6) is -2.20. The molecule has 0 heterocycles. The van der Waals surface area contributed by atoms with Gasteiger partial charge < -0.3 is 9.84 Å². The van der Waals surface area contributed by atoms with Gasteiger partial charge in [-0.2, -0.15) is 10.5 Å². The van der Waals surface area contributed by atoms with Crippen LogP contribution in [0.1, 0.15) is 46.0 Å². The van der Waals surface area contributed by atoms with Gasteiger partial charge in [-0.05, 0) is 26.2 Å². The van der Waals surface area contributed by atoms with Crippen molar-refractivity contribution in [2.45, 2.75) is 52.1 Å². The number of ether oxygens (including phenoxy) is 1. The molecule has 0 aliphatic heterocycles. The fraction of sp³-hybridized carbons (Fsp3) is 0.692. The number of nitriles is 2. The molecule has 0 saturated carbocycles. The predicted molar refractivity (Wildman–Crippen MR) is 65.6 cm³/mol. The molecule has 0 radical (unpaired) electrons. The normalized spacial score (nSPS) is 12.0. The van der Waals surface area contributed by atoms with E-state index in [4.69, 9.17) is 15.3 Å². The maximum absolute atomic E-state index is 12.1. The average molecular weight is 266 g/mol. The van der Waals surface area contributed by atoms with Gasteiger partial charge in [0.2, 0.25) is 0 Å². The lowest BCUT2D eigenvalue weighted by Crippen LogP contribution is -2.42. The Morgan fingerprint density at radius 3 is 2.05 bits per heavy atom. The van der Waals surface area contributed by atoms with Gasteiger partial charge in [-0.25, -0.2) is 0 Å². The van der Waals surface area contributed by atoms with Crippen LogP contribution in [-0.4, -0.2) is 23.1 Å². The summed E-state index contributed by atoms with van der Waals surface area (Å²) in [4.78, 5) is 23.5. The summed E-state index contributed by atoms with van der Waals surface area (Å²) in [6.45, 7) is 3.48. The third kappa shape index (κ3) is 4.59. The van der Waals surface area contributed by atoms with Crippen LogP contribution in [0.2, 0.25) is 0 Å². The van der Waals surface area contributed by atoms with Crippen molar-refractivity contribution < 1.29 is 19.4 Å². The van der Waals surface area contributed by atoms with Gasteiger partial charge in [0.15, 0.2) is 5.41 Å². The van der Waals surface area contributed by atoms with Gasteiger partial charge >= 0.3 is 11.9 Å². The first-order chi connectivity index (χ1) is 8.94. The zero-order valence-electron chi connectivity index (χ0n) is 11.2. The van der Waals surface area contributed by atoms with E-state index in [9.17, 15) is 14.7 Å². The summed E-state index contributed by atoms with van der Waals surface area (Å²) in [7, 11) is 0. The highest BCUT2D eigenvalue weighted by molar-refractivity contribution is 5.99. The van der Waals surface area contributed by atoms with Crippen LogP contribution in [0.4, 0.5) is 0 Å². The molecule has 0 aromatic rings. The van der Waals surface area contributed by atoms with Crippen molar-refractivity contribution in [3.05, 3.63) is 0 Å². The lowest BCUT2D eigenvalue weighted by molar-refractivity contribution is -0.173. The molecule has 104 valence electrons. The van der Waals surface area contributed by atoms with Gasteiger partial charge in [-0.1, -0.05) is 6.92 Å². The first kappa shape index (κ1) is 16.9. The van der Waals surface area contributed by atoms with E-state index in [0.29, 0.717) is 6.42 Å². The van der Waals surface area contributed by atoms with Gasteiger partial charge in [0.1, 0.15) is 0 Å². The van der Waals surface area contributed by atoms with Crippen molar-refractivity contribution in [1.82, 2.24) is 0 Å². The molecule has 0 aromatic carbocycles. The first-order valence-corrected chi connectivity index (χ1v) is 6.13. The molecule has 6 heteroatoms. The van der Waals surface area contributed by atoms with Gasteiger partial charge in [-0.15, -0.1) is 0 Å². The van der Waals surface area contributed by atoms with Gasteiger partial charge in [0.25, 0.3) is 0 Å². The molecule has 1 atom stereocenters. The molecule has 0 amide bonds. The van der Waals surface area contributed by atoms with Crippen LogP contribution in [0.15, 0.2) is 0 Å². The van der Waals surface area contributed by atoms with Crippen molar-refractivity contribution in [3.63, 3.8) is 0 Å². The van der Waals surface area contributed by atoms with E-state index in [0.717, 1.165) is 0 Å². The average Bonchev–Trinajstić information content (AvgIpc) is 2.38. The number of carbonyl (C=O) groups excluding carboxylic acids is 1. The number of carboxylic acid groups (broad SMARTS) is 1. The fourth-order valence-electron chi connectivity index (χ4n) is 1.55. The smallest absolute Gasteiger partial charge is 0.323 e. The number of nitrogens with zero attached hydrogens (tertiary/aromatic N) is 2. The molecule has 0 spiro atoms. The molecule has 0 rings (SSSR count). The molecule has 0 bridgehead atoms. The second-order valence-corrected chi connectivity index (χ2v) is 4.33. The van der Waals surface area contributed by atoms with Crippen LogP contribution in [0, 0.1) is 28.1 Å². The zero-order chi connectivity index (χ0) is 14.9. The monoisotopic (exact) mass is 266 g/mol. The van der Waals surface area contributed by atoms with Gasteiger partial charge in [0.05, 0.1) is 18.2 Å². The standard InChI is InChI=1S/C13H18N2O4/c1-3-10(2)19-12(18)13(11(16)17,6-4-8-14)7-5-9-15/h10H,3-7H2,1-2H3,(H,16,17). The quantitative estimate of drug-likeness (QED) is 0.531. The van der Waals surface area contributed by atoms with E-state index in [1.807, 2.05) is 19.1 Å². The number of hydrogen-bond donors (Lipinski definition) is 1. The Hall–Kier alpha value is -2.08. The van der Waals surface area contributed by atoms with Crippen molar-refractivity contribution in [2.75, 3.05) is 0 Å². The Labute approximate surface area is 112 Å². The summed E-state index contributed by atoms with van der Waals surface area (Å²) in [5, 5.41) is 26.5. The molecule has 0 saturated heterocycles. The summed E-state index contributed by atoms with van der Waals surface area (Å²) in [5.41, 5.74) is -1.80. The lowest BCUT2D eigenvalue weighted by Gasteiger charge is -2.27. The highest BCUT2D eigenvalue weighted by Crippen LogP contribution is 2.32. The summed E-state index contributed by atoms with van der Waals surface area (Å²) >= 11 is 0. The second-order valence-electron chi connectivity index (χ2n) is 4.33. The minimum atomic E-state index is -1.80. The fourth-order valence-corrected chi connectivity index (χ4v) is 1.55. The van der Waals surface area contributed by atoms with E-state index in [-0.39, 0.29) is 25.7 Å². The number of carbonyl (C=O) groups is 2. The molecule has 0 aliphatic carbocycles. The third-order valence-corrected chi connectivity index (χ3v) is 3.01. The molecular weight excluding hydrogens is 248 g/mol. The topological polar surface area (TPSA) is 111 Å². The van der Waals surface area contributed by atoms with E-state index in [1.165, 1.54) is 0 Å². The van der Waals surface area contributed by atoms with Crippen LogP contribution in [0.25, 0.3) is 0 Å². The van der Waals surface area contributed by atoms with Crippen LogP contribution in [-0.2, 0) is 14.3 Å². The third-order valence-electron chi connectivity index (χ3n) is 3.01. The highest BCUT2D eigenvalue weighted by Gasteiger charge is 2.47. The van der Waals surface area contributed by atoms with E-state index in [1.54, 1.807) is 6.92 Å². The largest absolute Gasteiger partial charge is 0.480 e. The first-order valence-electron chi connectivity index (χ1n) is 6.13. The van der Waals surface area contributed by atoms with E-state index in [2.05, 4.69) is 0 Å². The minimum absolute atomic E-state index is 0.0761. The maximum atomic E-state index is 12.1. The van der Waals surface area contributed by atoms with Crippen molar-refractivity contribution in [1.29, 1.82) is 10.5 Å². The number of aliphatic carboxylic acids is 1. The molecule has 1 unspecified atom stereocenters. The van der Waals surface area contributed by atoms with E-state index >= 15 is 0 Å². The molecule has 6 nitrogen and oxygen atoms in total. The van der Waals surface area contributed by atoms with Crippen LogP contribution >= 0.6 is 0 Å². The molecule has 1 N–H and O–H groups in total. The zero-order valence-corrected chi connectivity index (χ0v) is 11.2. The Kier molecular flexibility index (Phi) is 7.21. The molecule has 0 fully saturated rings. The highest BCUT2D eigenvalue weighted by atomic mass is 16.5. The van der Waals surface area contributed by atoms with E-state index < -0.39 is 23.5 Å². The predicted octanol–water partition coefficient (Wildman–Crippen LogP) is 2.01. The number of hydrogen-bond acceptors (Lipinski definition) is 5.